The maximum atomic E-state index is 12.2. The number of aromatic nitrogens is 2. The molecule has 1 N–H and O–H groups in total. The van der Waals surface area contributed by atoms with E-state index in [1.165, 1.54) is 0 Å². The van der Waals surface area contributed by atoms with E-state index in [9.17, 15) is 4.79 Å². The fourth-order valence-corrected chi connectivity index (χ4v) is 2.05. The average Bonchev–Trinajstić information content (AvgIpc) is 2.65. The molecule has 18 heavy (non-hydrogen) atoms. The van der Waals surface area contributed by atoms with Crippen molar-refractivity contribution in [1.82, 2.24) is 9.78 Å². The highest BCUT2D eigenvalue weighted by atomic mass is 16.1. The summed E-state index contributed by atoms with van der Waals surface area (Å²) in [7, 11) is 0. The third-order valence-corrected chi connectivity index (χ3v) is 2.94. The van der Waals surface area contributed by atoms with Gasteiger partial charge in [-0.25, -0.2) is 0 Å². The number of nitrogens with zero attached hydrogens (tertiary/aromatic N) is 2. The molecule has 0 spiro atoms. The minimum absolute atomic E-state index is 0.101. The van der Waals surface area contributed by atoms with E-state index < -0.39 is 0 Å². The van der Waals surface area contributed by atoms with Crippen molar-refractivity contribution < 1.29 is 4.79 Å². The molecule has 1 amide bonds. The third kappa shape index (κ3) is 2.27. The summed E-state index contributed by atoms with van der Waals surface area (Å²) in [6.45, 7) is 6.56. The molecule has 0 saturated carbocycles. The minimum atomic E-state index is -0.101. The van der Waals surface area contributed by atoms with Crippen LogP contribution in [-0.2, 0) is 6.54 Å². The Hall–Kier alpha value is -2.10. The summed E-state index contributed by atoms with van der Waals surface area (Å²) in [5.41, 5.74) is 3.14. The van der Waals surface area contributed by atoms with Crippen LogP contribution in [0.3, 0.4) is 0 Å². The van der Waals surface area contributed by atoms with Gasteiger partial charge in [0.2, 0.25) is 0 Å². The summed E-state index contributed by atoms with van der Waals surface area (Å²) < 4.78 is 1.84. The monoisotopic (exact) mass is 243 g/mol. The van der Waals surface area contributed by atoms with Crippen molar-refractivity contribution in [3.8, 4) is 0 Å². The number of carbonyl (C=O) groups is 1. The zero-order chi connectivity index (χ0) is 13.1. The molecule has 2 aromatic rings. The Kier molecular flexibility index (Phi) is 3.46. The van der Waals surface area contributed by atoms with Gasteiger partial charge in [-0.15, -0.1) is 0 Å². The molecule has 4 heteroatoms. The summed E-state index contributed by atoms with van der Waals surface area (Å²) >= 11 is 0. The lowest BCUT2D eigenvalue weighted by Gasteiger charge is -2.05. The summed E-state index contributed by atoms with van der Waals surface area (Å²) in [4.78, 5) is 12.2. The summed E-state index contributed by atoms with van der Waals surface area (Å²) in [5, 5.41) is 7.23. The number of nitrogens with one attached hydrogen (secondary N) is 1. The van der Waals surface area contributed by atoms with Crippen molar-refractivity contribution in [2.75, 3.05) is 5.32 Å². The molecule has 1 heterocycles. The number of hydrogen-bond donors (Lipinski definition) is 1. The second-order valence-electron chi connectivity index (χ2n) is 4.18. The quantitative estimate of drug-likeness (QED) is 0.901. The molecular formula is C14H17N3O. The highest BCUT2D eigenvalue weighted by Crippen LogP contribution is 2.15. The lowest BCUT2D eigenvalue weighted by atomic mass is 10.2. The van der Waals surface area contributed by atoms with Crippen LogP contribution in [0.25, 0.3) is 0 Å². The van der Waals surface area contributed by atoms with Crippen molar-refractivity contribution in [1.29, 1.82) is 0 Å². The van der Waals surface area contributed by atoms with Crippen LogP contribution < -0.4 is 5.32 Å². The Morgan fingerprint density at radius 1 is 1.28 bits per heavy atom. The number of aryl methyl sites for hydroxylation is 2. The number of para-hydroxylation sites is 1. The van der Waals surface area contributed by atoms with Crippen LogP contribution in [0.4, 0.5) is 5.69 Å². The number of benzene rings is 1. The van der Waals surface area contributed by atoms with E-state index in [2.05, 4.69) is 10.4 Å². The van der Waals surface area contributed by atoms with Crippen molar-refractivity contribution >= 4 is 11.6 Å². The zero-order valence-corrected chi connectivity index (χ0v) is 10.9. The van der Waals surface area contributed by atoms with E-state index in [0.717, 1.165) is 23.6 Å². The summed E-state index contributed by atoms with van der Waals surface area (Å²) in [5.74, 6) is -0.101. The van der Waals surface area contributed by atoms with E-state index in [0.29, 0.717) is 5.56 Å². The van der Waals surface area contributed by atoms with Crippen molar-refractivity contribution in [3.05, 3.63) is 47.3 Å². The molecule has 1 aromatic carbocycles. The SMILES string of the molecule is CCn1nc(C)c(C(=O)Nc2ccccc2)c1C. The normalized spacial score (nSPS) is 10.4. The van der Waals surface area contributed by atoms with Gasteiger partial charge < -0.3 is 5.32 Å². The van der Waals surface area contributed by atoms with Crippen LogP contribution in [0.1, 0.15) is 28.7 Å². The molecule has 0 radical (unpaired) electrons. The molecule has 0 aliphatic rings. The first-order valence-corrected chi connectivity index (χ1v) is 6.04. The maximum Gasteiger partial charge on any atom is 0.259 e. The first-order valence-electron chi connectivity index (χ1n) is 6.04. The molecule has 2 rings (SSSR count). The van der Waals surface area contributed by atoms with Crippen LogP contribution in [-0.4, -0.2) is 15.7 Å². The largest absolute Gasteiger partial charge is 0.322 e. The fraction of sp³-hybridized carbons (Fsp3) is 0.286. The Morgan fingerprint density at radius 3 is 2.50 bits per heavy atom. The van der Waals surface area contributed by atoms with E-state index in [1.54, 1.807) is 0 Å². The second-order valence-corrected chi connectivity index (χ2v) is 4.18. The first-order chi connectivity index (χ1) is 8.63. The van der Waals surface area contributed by atoms with E-state index >= 15 is 0 Å². The van der Waals surface area contributed by atoms with Crippen molar-refractivity contribution in [2.45, 2.75) is 27.3 Å². The van der Waals surface area contributed by atoms with Gasteiger partial charge in [0.1, 0.15) is 0 Å². The Balaban J connectivity index is 2.27. The van der Waals surface area contributed by atoms with Gasteiger partial charge in [0, 0.05) is 17.9 Å². The Morgan fingerprint density at radius 2 is 1.94 bits per heavy atom. The molecule has 0 fully saturated rings. The minimum Gasteiger partial charge on any atom is -0.322 e. The summed E-state index contributed by atoms with van der Waals surface area (Å²) in [6, 6.07) is 9.44. The van der Waals surface area contributed by atoms with Gasteiger partial charge in [-0.2, -0.15) is 5.10 Å². The van der Waals surface area contributed by atoms with E-state index in [-0.39, 0.29) is 5.91 Å². The molecule has 0 unspecified atom stereocenters. The van der Waals surface area contributed by atoms with E-state index in [1.807, 2.05) is 55.8 Å². The number of anilines is 1. The smallest absolute Gasteiger partial charge is 0.259 e. The van der Waals surface area contributed by atoms with Gasteiger partial charge in [-0.1, -0.05) is 18.2 Å². The average molecular weight is 243 g/mol. The predicted octanol–water partition coefficient (Wildman–Crippen LogP) is 2.77. The highest BCUT2D eigenvalue weighted by Gasteiger charge is 2.17. The molecule has 0 aliphatic carbocycles. The number of carbonyl (C=O) groups excluding carboxylic acids is 1. The Bertz CT molecular complexity index is 558. The fourth-order valence-electron chi connectivity index (χ4n) is 2.05. The lowest BCUT2D eigenvalue weighted by molar-refractivity contribution is 0.102. The number of amides is 1. The van der Waals surface area contributed by atoms with Gasteiger partial charge in [-0.05, 0) is 32.9 Å². The molecule has 0 saturated heterocycles. The van der Waals surface area contributed by atoms with Crippen LogP contribution in [0.5, 0.6) is 0 Å². The summed E-state index contributed by atoms with van der Waals surface area (Å²) in [6.07, 6.45) is 0. The Labute approximate surface area is 107 Å². The molecule has 94 valence electrons. The van der Waals surface area contributed by atoms with Gasteiger partial charge in [0.15, 0.2) is 0 Å². The molecule has 4 nitrogen and oxygen atoms in total. The number of hydrogen-bond acceptors (Lipinski definition) is 2. The van der Waals surface area contributed by atoms with Gasteiger partial charge >= 0.3 is 0 Å². The number of rotatable bonds is 3. The molecule has 1 aromatic heterocycles. The van der Waals surface area contributed by atoms with Crippen LogP contribution in [0.15, 0.2) is 30.3 Å². The topological polar surface area (TPSA) is 46.9 Å². The first kappa shape index (κ1) is 12.4. The maximum absolute atomic E-state index is 12.2. The van der Waals surface area contributed by atoms with Gasteiger partial charge in [0.05, 0.1) is 11.3 Å². The standard InChI is InChI=1S/C14H17N3O/c1-4-17-11(3)13(10(2)16-17)14(18)15-12-8-6-5-7-9-12/h5-9H,4H2,1-3H3,(H,15,18). The lowest BCUT2D eigenvalue weighted by Crippen LogP contribution is -2.14. The van der Waals surface area contributed by atoms with E-state index in [4.69, 9.17) is 0 Å². The van der Waals surface area contributed by atoms with Crippen LogP contribution in [0, 0.1) is 13.8 Å². The van der Waals surface area contributed by atoms with Crippen LogP contribution >= 0.6 is 0 Å². The van der Waals surface area contributed by atoms with Gasteiger partial charge in [0.25, 0.3) is 5.91 Å². The van der Waals surface area contributed by atoms with Crippen molar-refractivity contribution in [2.24, 2.45) is 0 Å². The molecule has 0 bridgehead atoms. The molecule has 0 atom stereocenters. The zero-order valence-electron chi connectivity index (χ0n) is 10.9. The van der Waals surface area contributed by atoms with Crippen molar-refractivity contribution in [3.63, 3.8) is 0 Å². The predicted molar refractivity (Wildman–Crippen MR) is 71.8 cm³/mol. The van der Waals surface area contributed by atoms with Crippen LogP contribution in [0.2, 0.25) is 0 Å². The third-order valence-electron chi connectivity index (χ3n) is 2.94. The highest BCUT2D eigenvalue weighted by molar-refractivity contribution is 6.05. The molecular weight excluding hydrogens is 226 g/mol. The van der Waals surface area contributed by atoms with Gasteiger partial charge in [-0.3, -0.25) is 9.48 Å². The molecule has 0 aliphatic heterocycles. The second kappa shape index (κ2) is 5.04.